The van der Waals surface area contributed by atoms with Crippen LogP contribution in [0.25, 0.3) is 0 Å². The average Bonchev–Trinajstić information content (AvgIpc) is 2.86. The van der Waals surface area contributed by atoms with Gasteiger partial charge in [-0.15, -0.1) is 0 Å². The molecular weight excluding hydrogens is 330 g/mol. The third kappa shape index (κ3) is 4.06. The Balaban J connectivity index is 1.78. The molecule has 2 aliphatic rings. The standard InChI is InChI=1S/C20H27N3O3/c1-15(2)19(26)23-9-8-22(13-20(14-23)11-17(24)21-12-20)18(25)10-16-6-4-3-5-7-16/h3-7,15H,8-14H2,1-2H3,(H,21,24)/t20-/m0/s1. The fourth-order valence-corrected chi connectivity index (χ4v) is 3.88. The van der Waals surface area contributed by atoms with Gasteiger partial charge in [0.2, 0.25) is 17.7 Å². The lowest BCUT2D eigenvalue weighted by atomic mass is 9.85. The van der Waals surface area contributed by atoms with Crippen LogP contribution in [0.2, 0.25) is 0 Å². The van der Waals surface area contributed by atoms with Crippen molar-refractivity contribution in [3.63, 3.8) is 0 Å². The summed E-state index contributed by atoms with van der Waals surface area (Å²) in [6.45, 7) is 6.36. The molecule has 2 saturated heterocycles. The van der Waals surface area contributed by atoms with Crippen LogP contribution in [0.3, 0.4) is 0 Å². The zero-order valence-electron chi connectivity index (χ0n) is 15.5. The number of nitrogens with one attached hydrogen (secondary N) is 1. The van der Waals surface area contributed by atoms with Crippen LogP contribution in [-0.2, 0) is 20.8 Å². The highest BCUT2D eigenvalue weighted by Gasteiger charge is 2.44. The molecule has 3 amide bonds. The quantitative estimate of drug-likeness (QED) is 0.879. The molecule has 1 aromatic carbocycles. The Kier molecular flexibility index (Phi) is 5.30. The number of benzene rings is 1. The molecule has 140 valence electrons. The van der Waals surface area contributed by atoms with Crippen molar-refractivity contribution < 1.29 is 14.4 Å². The Hall–Kier alpha value is -2.37. The maximum atomic E-state index is 12.9. The van der Waals surface area contributed by atoms with E-state index in [1.807, 2.05) is 54.0 Å². The maximum Gasteiger partial charge on any atom is 0.227 e. The fourth-order valence-electron chi connectivity index (χ4n) is 3.88. The van der Waals surface area contributed by atoms with Crippen LogP contribution < -0.4 is 5.32 Å². The first-order valence-electron chi connectivity index (χ1n) is 9.26. The van der Waals surface area contributed by atoms with Crippen molar-refractivity contribution in [1.82, 2.24) is 15.1 Å². The van der Waals surface area contributed by atoms with E-state index in [0.717, 1.165) is 5.56 Å². The topological polar surface area (TPSA) is 69.7 Å². The zero-order valence-corrected chi connectivity index (χ0v) is 15.5. The molecule has 26 heavy (non-hydrogen) atoms. The van der Waals surface area contributed by atoms with E-state index in [-0.39, 0.29) is 29.1 Å². The number of nitrogens with zero attached hydrogens (tertiary/aromatic N) is 2. The summed E-state index contributed by atoms with van der Waals surface area (Å²) < 4.78 is 0. The number of carbonyl (C=O) groups excluding carboxylic acids is 3. The van der Waals surface area contributed by atoms with E-state index in [1.54, 1.807) is 0 Å². The van der Waals surface area contributed by atoms with E-state index in [0.29, 0.717) is 45.6 Å². The van der Waals surface area contributed by atoms with Gasteiger partial charge in [0, 0.05) is 50.5 Å². The summed E-state index contributed by atoms with van der Waals surface area (Å²) in [6.07, 6.45) is 0.709. The zero-order chi connectivity index (χ0) is 18.7. The SMILES string of the molecule is CC(C)C(=O)N1CCN(C(=O)Cc2ccccc2)C[C@]2(CNC(=O)C2)C1. The number of carbonyl (C=O) groups is 3. The van der Waals surface area contributed by atoms with Crippen molar-refractivity contribution >= 4 is 17.7 Å². The normalized spacial score (nSPS) is 23.3. The lowest BCUT2D eigenvalue weighted by molar-refractivity contribution is -0.136. The summed E-state index contributed by atoms with van der Waals surface area (Å²) in [7, 11) is 0. The molecule has 3 rings (SSSR count). The Bertz CT molecular complexity index is 689. The van der Waals surface area contributed by atoms with Crippen LogP contribution in [0.4, 0.5) is 0 Å². The number of rotatable bonds is 3. The minimum absolute atomic E-state index is 0.000644. The molecule has 1 spiro atoms. The molecule has 0 unspecified atom stereocenters. The lowest BCUT2D eigenvalue weighted by Crippen LogP contribution is -2.46. The minimum atomic E-state index is -0.384. The Morgan fingerprint density at radius 1 is 1.12 bits per heavy atom. The molecule has 1 aromatic rings. The summed E-state index contributed by atoms with van der Waals surface area (Å²) >= 11 is 0. The fraction of sp³-hybridized carbons (Fsp3) is 0.550. The number of amides is 3. The van der Waals surface area contributed by atoms with Crippen molar-refractivity contribution in [2.75, 3.05) is 32.7 Å². The third-order valence-electron chi connectivity index (χ3n) is 5.24. The monoisotopic (exact) mass is 357 g/mol. The molecule has 1 N–H and O–H groups in total. The van der Waals surface area contributed by atoms with E-state index < -0.39 is 0 Å². The van der Waals surface area contributed by atoms with Gasteiger partial charge in [-0.05, 0) is 5.56 Å². The van der Waals surface area contributed by atoms with Crippen molar-refractivity contribution in [2.45, 2.75) is 26.7 Å². The highest BCUT2D eigenvalue weighted by molar-refractivity contribution is 5.82. The maximum absolute atomic E-state index is 12.9. The van der Waals surface area contributed by atoms with Crippen LogP contribution in [0.5, 0.6) is 0 Å². The Morgan fingerprint density at radius 3 is 2.38 bits per heavy atom. The van der Waals surface area contributed by atoms with Gasteiger partial charge in [0.1, 0.15) is 0 Å². The van der Waals surface area contributed by atoms with Gasteiger partial charge in [-0.2, -0.15) is 0 Å². The summed E-state index contributed by atoms with van der Waals surface area (Å²) in [4.78, 5) is 41.0. The third-order valence-corrected chi connectivity index (χ3v) is 5.24. The van der Waals surface area contributed by atoms with Crippen LogP contribution in [0, 0.1) is 11.3 Å². The summed E-state index contributed by atoms with van der Waals surface area (Å²) in [5, 5.41) is 2.89. The van der Waals surface area contributed by atoms with E-state index >= 15 is 0 Å². The average molecular weight is 357 g/mol. The van der Waals surface area contributed by atoms with Gasteiger partial charge in [-0.3, -0.25) is 14.4 Å². The molecule has 1 atom stereocenters. The molecule has 2 fully saturated rings. The van der Waals surface area contributed by atoms with E-state index in [2.05, 4.69) is 5.32 Å². The largest absolute Gasteiger partial charge is 0.355 e. The highest BCUT2D eigenvalue weighted by atomic mass is 16.2. The van der Waals surface area contributed by atoms with Gasteiger partial charge in [0.15, 0.2) is 0 Å². The van der Waals surface area contributed by atoms with Crippen molar-refractivity contribution in [3.05, 3.63) is 35.9 Å². The second kappa shape index (κ2) is 7.48. The Labute approximate surface area is 154 Å². The highest BCUT2D eigenvalue weighted by Crippen LogP contribution is 2.31. The van der Waals surface area contributed by atoms with Gasteiger partial charge >= 0.3 is 0 Å². The van der Waals surface area contributed by atoms with Gasteiger partial charge in [-0.1, -0.05) is 44.2 Å². The van der Waals surface area contributed by atoms with E-state index in [4.69, 9.17) is 0 Å². The van der Waals surface area contributed by atoms with Crippen LogP contribution in [0.1, 0.15) is 25.8 Å². The number of hydrogen-bond acceptors (Lipinski definition) is 3. The van der Waals surface area contributed by atoms with Crippen molar-refractivity contribution in [3.8, 4) is 0 Å². The second-order valence-corrected chi connectivity index (χ2v) is 7.85. The Morgan fingerprint density at radius 2 is 1.77 bits per heavy atom. The molecule has 2 aliphatic heterocycles. The molecule has 2 heterocycles. The number of hydrogen-bond donors (Lipinski definition) is 1. The first-order valence-corrected chi connectivity index (χ1v) is 9.26. The van der Waals surface area contributed by atoms with E-state index in [1.165, 1.54) is 0 Å². The molecule has 6 nitrogen and oxygen atoms in total. The predicted molar refractivity (Wildman–Crippen MR) is 98.2 cm³/mol. The van der Waals surface area contributed by atoms with Crippen LogP contribution in [0.15, 0.2) is 30.3 Å². The molecule has 0 bridgehead atoms. The molecule has 0 saturated carbocycles. The smallest absolute Gasteiger partial charge is 0.227 e. The molecule has 0 aromatic heterocycles. The van der Waals surface area contributed by atoms with Gasteiger partial charge in [0.25, 0.3) is 0 Å². The first kappa shape index (κ1) is 18.4. The van der Waals surface area contributed by atoms with Gasteiger partial charge in [0.05, 0.1) is 6.42 Å². The summed E-state index contributed by atoms with van der Waals surface area (Å²) in [5.74, 6) is 0.0397. The van der Waals surface area contributed by atoms with Gasteiger partial charge in [-0.25, -0.2) is 0 Å². The second-order valence-electron chi connectivity index (χ2n) is 7.85. The van der Waals surface area contributed by atoms with Crippen LogP contribution >= 0.6 is 0 Å². The van der Waals surface area contributed by atoms with Crippen molar-refractivity contribution in [2.24, 2.45) is 11.3 Å². The minimum Gasteiger partial charge on any atom is -0.355 e. The molecule has 6 heteroatoms. The molecular formula is C20H27N3O3. The molecule has 0 aliphatic carbocycles. The van der Waals surface area contributed by atoms with Crippen LogP contribution in [-0.4, -0.2) is 60.2 Å². The van der Waals surface area contributed by atoms with E-state index in [9.17, 15) is 14.4 Å². The lowest BCUT2D eigenvalue weighted by Gasteiger charge is -2.33. The summed E-state index contributed by atoms with van der Waals surface area (Å²) in [5.41, 5.74) is 0.594. The predicted octanol–water partition coefficient (Wildman–Crippen LogP) is 1.06. The first-order chi connectivity index (χ1) is 12.4. The summed E-state index contributed by atoms with van der Waals surface area (Å²) in [6, 6.07) is 9.67. The van der Waals surface area contributed by atoms with Crippen molar-refractivity contribution in [1.29, 1.82) is 0 Å². The molecule has 0 radical (unpaired) electrons. The van der Waals surface area contributed by atoms with Gasteiger partial charge < -0.3 is 15.1 Å².